The summed E-state index contributed by atoms with van der Waals surface area (Å²) in [5, 5.41) is 5.41. The lowest BCUT2D eigenvalue weighted by Gasteiger charge is -2.26. The molecule has 0 spiro atoms. The molecule has 1 saturated heterocycles. The van der Waals surface area contributed by atoms with E-state index in [-0.39, 0.29) is 18.4 Å². The molecular weight excluding hydrogens is 388 g/mol. The number of hydrogen-bond donors (Lipinski definition) is 0. The molecule has 2 aromatic carbocycles. The predicted octanol–water partition coefficient (Wildman–Crippen LogP) is 3.59. The molecule has 6 nitrogen and oxygen atoms in total. The fraction of sp³-hybridized carbons (Fsp3) is 0.320. The third-order valence-electron chi connectivity index (χ3n) is 6.25. The number of carbonyl (C=O) groups is 2. The molecule has 0 radical (unpaired) electrons. The first-order valence-corrected chi connectivity index (χ1v) is 11.0. The van der Waals surface area contributed by atoms with Gasteiger partial charge in [-0.15, -0.1) is 0 Å². The molecule has 0 aliphatic carbocycles. The second-order valence-electron chi connectivity index (χ2n) is 8.21. The van der Waals surface area contributed by atoms with Crippen molar-refractivity contribution in [3.63, 3.8) is 0 Å². The number of amides is 2. The minimum atomic E-state index is -0.0340. The molecule has 1 aromatic heterocycles. The average Bonchev–Trinajstić information content (AvgIpc) is 3.48. The Morgan fingerprint density at radius 1 is 0.871 bits per heavy atom. The number of para-hydroxylation sites is 1. The fourth-order valence-electron chi connectivity index (χ4n) is 4.51. The van der Waals surface area contributed by atoms with Crippen molar-refractivity contribution >= 4 is 28.3 Å². The maximum atomic E-state index is 13.0. The maximum Gasteiger partial charge on any atom is 0.275 e. The summed E-state index contributed by atoms with van der Waals surface area (Å²) in [5.41, 5.74) is 3.79. The smallest absolute Gasteiger partial charge is 0.275 e. The molecule has 0 N–H and O–H groups in total. The van der Waals surface area contributed by atoms with Gasteiger partial charge in [0.25, 0.3) is 5.91 Å². The van der Waals surface area contributed by atoms with Gasteiger partial charge >= 0.3 is 0 Å². The number of rotatable bonds is 4. The Kier molecular flexibility index (Phi) is 5.28. The highest BCUT2D eigenvalue weighted by molar-refractivity contribution is 6.05. The number of fused-ring (bicyclic) bond motifs is 1. The Labute approximate surface area is 181 Å². The van der Waals surface area contributed by atoms with Crippen LogP contribution in [0.5, 0.6) is 0 Å². The highest BCUT2D eigenvalue weighted by Crippen LogP contribution is 2.24. The Morgan fingerprint density at radius 2 is 1.61 bits per heavy atom. The summed E-state index contributed by atoms with van der Waals surface area (Å²) < 4.78 is 1.69. The molecule has 6 heteroatoms. The van der Waals surface area contributed by atoms with Crippen molar-refractivity contribution in [2.45, 2.75) is 25.8 Å². The van der Waals surface area contributed by atoms with Gasteiger partial charge in [0.15, 0.2) is 5.69 Å². The van der Waals surface area contributed by atoms with E-state index in [1.165, 1.54) is 11.1 Å². The topological polar surface area (TPSA) is 58.4 Å². The van der Waals surface area contributed by atoms with E-state index in [2.05, 4.69) is 23.3 Å². The summed E-state index contributed by atoms with van der Waals surface area (Å²) in [4.78, 5) is 29.7. The lowest BCUT2D eigenvalue weighted by atomic mass is 9.99. The van der Waals surface area contributed by atoms with Crippen molar-refractivity contribution in [3.8, 4) is 0 Å². The van der Waals surface area contributed by atoms with Gasteiger partial charge in [-0.05, 0) is 36.5 Å². The summed E-state index contributed by atoms with van der Waals surface area (Å²) in [6, 6.07) is 18.0. The molecule has 0 atom stereocenters. The van der Waals surface area contributed by atoms with Gasteiger partial charge in [-0.25, -0.2) is 0 Å². The first kappa shape index (κ1) is 19.5. The molecule has 0 unspecified atom stereocenters. The van der Waals surface area contributed by atoms with E-state index >= 15 is 0 Å². The van der Waals surface area contributed by atoms with Gasteiger partial charge in [0.1, 0.15) is 6.54 Å². The van der Waals surface area contributed by atoms with Crippen LogP contribution < -0.4 is 0 Å². The molecule has 0 bridgehead atoms. The van der Waals surface area contributed by atoms with Crippen LogP contribution in [0.15, 0.2) is 60.7 Å². The number of benzene rings is 2. The van der Waals surface area contributed by atoms with E-state index in [1.54, 1.807) is 4.68 Å². The third-order valence-corrected chi connectivity index (χ3v) is 6.25. The van der Waals surface area contributed by atoms with Gasteiger partial charge in [-0.1, -0.05) is 54.6 Å². The third kappa shape index (κ3) is 3.85. The number of carbonyl (C=O) groups excluding carboxylic acids is 2. The number of hydrogen-bond acceptors (Lipinski definition) is 3. The van der Waals surface area contributed by atoms with E-state index in [1.807, 2.05) is 52.3 Å². The van der Waals surface area contributed by atoms with Crippen molar-refractivity contribution in [2.75, 3.05) is 26.2 Å². The minimum Gasteiger partial charge on any atom is -0.337 e. The van der Waals surface area contributed by atoms with Gasteiger partial charge < -0.3 is 9.80 Å². The van der Waals surface area contributed by atoms with Gasteiger partial charge in [-0.3, -0.25) is 14.3 Å². The van der Waals surface area contributed by atoms with Gasteiger partial charge in [0.2, 0.25) is 5.91 Å². The van der Waals surface area contributed by atoms with E-state index in [9.17, 15) is 9.59 Å². The first-order valence-electron chi connectivity index (χ1n) is 11.0. The Hall–Kier alpha value is -3.41. The van der Waals surface area contributed by atoms with E-state index in [0.717, 1.165) is 43.3 Å². The van der Waals surface area contributed by atoms with Crippen molar-refractivity contribution < 1.29 is 9.59 Å². The molecule has 2 amide bonds. The molecule has 3 heterocycles. The molecule has 5 rings (SSSR count). The van der Waals surface area contributed by atoms with Crippen LogP contribution in [-0.2, 0) is 11.3 Å². The van der Waals surface area contributed by atoms with Crippen LogP contribution >= 0.6 is 0 Å². The SMILES string of the molecule is O=C(Cn1nc(C(=O)N2CCCC2)c2ccccc21)N1CC=C(c2ccccc2)CC1. The van der Waals surface area contributed by atoms with Crippen LogP contribution in [0, 0.1) is 0 Å². The normalized spacial score (nSPS) is 16.6. The van der Waals surface area contributed by atoms with E-state index in [4.69, 9.17) is 0 Å². The lowest BCUT2D eigenvalue weighted by Crippen LogP contribution is -2.37. The second kappa shape index (κ2) is 8.38. The minimum absolute atomic E-state index is 0.0248. The zero-order valence-corrected chi connectivity index (χ0v) is 17.5. The van der Waals surface area contributed by atoms with E-state index in [0.29, 0.717) is 18.8 Å². The molecule has 1 fully saturated rings. The van der Waals surface area contributed by atoms with Gasteiger partial charge in [0, 0.05) is 31.6 Å². The summed E-state index contributed by atoms with van der Waals surface area (Å²) in [6.07, 6.45) is 5.06. The van der Waals surface area contributed by atoms with Crippen molar-refractivity contribution in [3.05, 3.63) is 71.9 Å². The average molecular weight is 415 g/mol. The lowest BCUT2D eigenvalue weighted by molar-refractivity contribution is -0.131. The van der Waals surface area contributed by atoms with Crippen LogP contribution in [0.1, 0.15) is 35.3 Å². The molecule has 3 aromatic rings. The Balaban J connectivity index is 1.34. The largest absolute Gasteiger partial charge is 0.337 e. The van der Waals surface area contributed by atoms with Crippen LogP contribution in [0.25, 0.3) is 16.5 Å². The Morgan fingerprint density at radius 3 is 2.35 bits per heavy atom. The zero-order valence-electron chi connectivity index (χ0n) is 17.5. The van der Waals surface area contributed by atoms with Crippen LogP contribution in [0.4, 0.5) is 0 Å². The molecule has 2 aliphatic rings. The maximum absolute atomic E-state index is 13.0. The molecule has 2 aliphatic heterocycles. The van der Waals surface area contributed by atoms with Crippen LogP contribution in [0.3, 0.4) is 0 Å². The molecule has 31 heavy (non-hydrogen) atoms. The number of nitrogens with zero attached hydrogens (tertiary/aromatic N) is 4. The summed E-state index contributed by atoms with van der Waals surface area (Å²) in [7, 11) is 0. The first-order chi connectivity index (χ1) is 15.2. The quantitative estimate of drug-likeness (QED) is 0.656. The van der Waals surface area contributed by atoms with Crippen molar-refractivity contribution in [2.24, 2.45) is 0 Å². The predicted molar refractivity (Wildman–Crippen MR) is 120 cm³/mol. The van der Waals surface area contributed by atoms with Crippen LogP contribution in [-0.4, -0.2) is 57.6 Å². The standard InChI is InChI=1S/C25H26N4O2/c30-23(27-16-12-20(13-17-27)19-8-2-1-3-9-19)18-29-22-11-5-4-10-21(22)24(26-29)25(31)28-14-6-7-15-28/h1-5,8-12H,6-7,13-18H2. The number of aromatic nitrogens is 2. The highest BCUT2D eigenvalue weighted by atomic mass is 16.2. The van der Waals surface area contributed by atoms with Gasteiger partial charge in [-0.2, -0.15) is 5.10 Å². The number of likely N-dealkylation sites (tertiary alicyclic amines) is 1. The molecule has 0 saturated carbocycles. The highest BCUT2D eigenvalue weighted by Gasteiger charge is 2.26. The summed E-state index contributed by atoms with van der Waals surface area (Å²) in [5.74, 6) is -0.00917. The van der Waals surface area contributed by atoms with Crippen molar-refractivity contribution in [1.82, 2.24) is 19.6 Å². The van der Waals surface area contributed by atoms with Crippen molar-refractivity contribution in [1.29, 1.82) is 0 Å². The Bertz CT molecular complexity index is 1140. The van der Waals surface area contributed by atoms with Crippen LogP contribution in [0.2, 0.25) is 0 Å². The second-order valence-corrected chi connectivity index (χ2v) is 8.21. The summed E-state index contributed by atoms with van der Waals surface area (Å²) >= 11 is 0. The summed E-state index contributed by atoms with van der Waals surface area (Å²) in [6.45, 7) is 2.99. The molecule has 158 valence electrons. The zero-order chi connectivity index (χ0) is 21.2. The molecular formula is C25H26N4O2. The fourth-order valence-corrected chi connectivity index (χ4v) is 4.51. The monoisotopic (exact) mass is 414 g/mol. The van der Waals surface area contributed by atoms with E-state index < -0.39 is 0 Å². The van der Waals surface area contributed by atoms with Gasteiger partial charge in [0.05, 0.1) is 5.52 Å².